The number of ketones is 1. The lowest BCUT2D eigenvalue weighted by molar-refractivity contribution is -0.125. The van der Waals surface area contributed by atoms with Gasteiger partial charge in [0, 0.05) is 16.9 Å². The van der Waals surface area contributed by atoms with Gasteiger partial charge in [0.05, 0.1) is 0 Å². The first-order valence-corrected chi connectivity index (χ1v) is 7.39. The molecule has 0 spiro atoms. The summed E-state index contributed by atoms with van der Waals surface area (Å²) >= 11 is 4.31. The molecule has 0 aliphatic carbocycles. The molecule has 5 heteroatoms. The Morgan fingerprint density at radius 1 is 1.27 bits per heavy atom. The summed E-state index contributed by atoms with van der Waals surface area (Å²) in [5.74, 6) is 0.467. The average molecular weight is 314 g/mol. The summed E-state index contributed by atoms with van der Waals surface area (Å²) in [6.45, 7) is 1.81. The normalized spacial score (nSPS) is 11.7. The van der Waals surface area contributed by atoms with Crippen molar-refractivity contribution in [3.8, 4) is 5.75 Å². The van der Waals surface area contributed by atoms with Crippen molar-refractivity contribution in [1.29, 1.82) is 5.41 Å². The number of benzene rings is 2. The van der Waals surface area contributed by atoms with Crippen molar-refractivity contribution in [2.45, 2.75) is 24.3 Å². The molecule has 0 fully saturated rings. The number of hydrogen-bond donors (Lipinski definition) is 3. The fourth-order valence-electron chi connectivity index (χ4n) is 2.08. The Kier molecular flexibility index (Phi) is 5.22. The highest BCUT2D eigenvalue weighted by Gasteiger charge is 2.21. The van der Waals surface area contributed by atoms with Crippen LogP contribution in [0, 0.1) is 5.41 Å². The summed E-state index contributed by atoms with van der Waals surface area (Å²) in [5, 5.41) is 7.45. The van der Waals surface area contributed by atoms with Crippen molar-refractivity contribution in [2.75, 3.05) is 0 Å². The molecule has 4 nitrogen and oxygen atoms in total. The minimum absolute atomic E-state index is 0.00237. The maximum Gasteiger partial charge on any atom is 0.182 e. The zero-order valence-corrected chi connectivity index (χ0v) is 13.1. The summed E-state index contributed by atoms with van der Waals surface area (Å²) in [5.41, 5.74) is 6.81. The van der Waals surface area contributed by atoms with Crippen molar-refractivity contribution >= 4 is 24.2 Å². The molecule has 0 amide bonds. The number of nitrogens with one attached hydrogen (secondary N) is 1. The van der Waals surface area contributed by atoms with Crippen molar-refractivity contribution in [3.63, 3.8) is 0 Å². The van der Waals surface area contributed by atoms with Crippen LogP contribution >= 0.6 is 12.6 Å². The predicted octanol–water partition coefficient (Wildman–Crippen LogP) is 3.36. The molecule has 0 aromatic heterocycles. The second kappa shape index (κ2) is 7.13. The van der Waals surface area contributed by atoms with Crippen molar-refractivity contribution < 1.29 is 9.53 Å². The zero-order chi connectivity index (χ0) is 16.1. The predicted molar refractivity (Wildman–Crippen MR) is 89.8 cm³/mol. The molecule has 2 aromatic carbocycles. The third-order valence-corrected chi connectivity index (χ3v) is 3.63. The zero-order valence-electron chi connectivity index (χ0n) is 12.2. The van der Waals surface area contributed by atoms with Gasteiger partial charge >= 0.3 is 0 Å². The molecular weight excluding hydrogens is 296 g/mol. The second-order valence-corrected chi connectivity index (χ2v) is 5.30. The summed E-state index contributed by atoms with van der Waals surface area (Å²) in [4.78, 5) is 12.7. The number of carbonyl (C=O) groups is 1. The number of carbonyl (C=O) groups excluding carboxylic acids is 1. The van der Waals surface area contributed by atoms with Gasteiger partial charge in [0.15, 0.2) is 11.9 Å². The number of nitrogen functional groups attached to an aromatic ring is 1. The van der Waals surface area contributed by atoms with E-state index in [1.165, 1.54) is 0 Å². The average Bonchev–Trinajstić information content (AvgIpc) is 2.52. The fraction of sp³-hybridized carbons (Fsp3) is 0.176. The van der Waals surface area contributed by atoms with Crippen LogP contribution in [-0.2, 0) is 4.79 Å². The number of rotatable bonds is 6. The van der Waals surface area contributed by atoms with E-state index in [0.29, 0.717) is 22.6 Å². The lowest BCUT2D eigenvalue weighted by Gasteiger charge is -2.18. The van der Waals surface area contributed by atoms with E-state index in [0.717, 1.165) is 5.56 Å². The summed E-state index contributed by atoms with van der Waals surface area (Å²) < 4.78 is 5.86. The summed E-state index contributed by atoms with van der Waals surface area (Å²) in [6.07, 6.45) is -0.263. The molecule has 22 heavy (non-hydrogen) atoms. The molecule has 0 saturated heterocycles. The summed E-state index contributed by atoms with van der Waals surface area (Å²) in [7, 11) is 0. The van der Waals surface area contributed by atoms with Gasteiger partial charge in [-0.05, 0) is 23.8 Å². The second-order valence-electron chi connectivity index (χ2n) is 4.82. The van der Waals surface area contributed by atoms with Crippen LogP contribution in [0.15, 0.2) is 53.4 Å². The van der Waals surface area contributed by atoms with Crippen LogP contribution in [0.1, 0.15) is 30.6 Å². The van der Waals surface area contributed by atoms with Gasteiger partial charge in [0.2, 0.25) is 0 Å². The number of ether oxygens (including phenoxy) is 1. The first kappa shape index (κ1) is 16.1. The Bertz CT molecular complexity index is 686. The van der Waals surface area contributed by atoms with Gasteiger partial charge in [-0.25, -0.2) is 0 Å². The molecule has 0 heterocycles. The fourth-order valence-corrected chi connectivity index (χ4v) is 2.40. The monoisotopic (exact) mass is 314 g/mol. The van der Waals surface area contributed by atoms with Crippen LogP contribution in [0.2, 0.25) is 0 Å². The van der Waals surface area contributed by atoms with E-state index in [2.05, 4.69) is 12.6 Å². The highest BCUT2D eigenvalue weighted by atomic mass is 32.1. The third kappa shape index (κ3) is 3.68. The number of hydrogen-bond acceptors (Lipinski definition) is 4. The van der Waals surface area contributed by atoms with Crippen LogP contribution in [0.25, 0.3) is 0 Å². The Morgan fingerprint density at radius 3 is 2.50 bits per heavy atom. The molecular formula is C17H18N2O2S. The highest BCUT2D eigenvalue weighted by Crippen LogP contribution is 2.27. The van der Waals surface area contributed by atoms with Gasteiger partial charge in [-0.2, -0.15) is 0 Å². The maximum absolute atomic E-state index is 12.2. The highest BCUT2D eigenvalue weighted by molar-refractivity contribution is 7.80. The Morgan fingerprint density at radius 2 is 1.95 bits per heavy atom. The van der Waals surface area contributed by atoms with Crippen LogP contribution < -0.4 is 10.5 Å². The molecule has 0 saturated carbocycles. The molecule has 0 aliphatic heterocycles. The van der Waals surface area contributed by atoms with E-state index in [9.17, 15) is 4.79 Å². The number of nitrogens with two attached hydrogens (primary N) is 1. The lowest BCUT2D eigenvalue weighted by atomic mass is 10.0. The minimum Gasteiger partial charge on any atom is -0.478 e. The number of amidine groups is 1. The van der Waals surface area contributed by atoms with E-state index >= 15 is 0 Å². The lowest BCUT2D eigenvalue weighted by Crippen LogP contribution is -2.18. The third-order valence-electron chi connectivity index (χ3n) is 3.26. The quantitative estimate of drug-likeness (QED) is 0.435. The Hall–Kier alpha value is -2.27. The van der Waals surface area contributed by atoms with E-state index in [1.807, 2.05) is 37.3 Å². The number of Topliss-reactive ketones (excluding diaryl/α,β-unsaturated/α-hetero) is 1. The molecule has 3 N–H and O–H groups in total. The molecule has 114 valence electrons. The largest absolute Gasteiger partial charge is 0.478 e. The van der Waals surface area contributed by atoms with Gasteiger partial charge in [-0.1, -0.05) is 37.3 Å². The molecule has 0 radical (unpaired) electrons. The van der Waals surface area contributed by atoms with E-state index in [4.69, 9.17) is 15.9 Å². The van der Waals surface area contributed by atoms with Crippen LogP contribution in [-0.4, -0.2) is 11.6 Å². The van der Waals surface area contributed by atoms with Gasteiger partial charge in [-0.15, -0.1) is 12.6 Å². The standard InChI is InChI=1S/C17H18N2O2S/c1-2-14(20)16(11-6-4-3-5-7-11)21-12-8-9-13(17(18)19)15(22)10-12/h3-10,16,22H,2H2,1H3,(H3,18,19). The van der Waals surface area contributed by atoms with Crippen LogP contribution in [0.5, 0.6) is 5.75 Å². The number of thiol groups is 1. The first-order valence-electron chi connectivity index (χ1n) is 6.94. The van der Waals surface area contributed by atoms with Crippen LogP contribution in [0.3, 0.4) is 0 Å². The van der Waals surface area contributed by atoms with Gasteiger partial charge in [0.25, 0.3) is 0 Å². The minimum atomic E-state index is -0.651. The molecule has 2 aromatic rings. The topological polar surface area (TPSA) is 76.2 Å². The van der Waals surface area contributed by atoms with E-state index < -0.39 is 6.10 Å². The molecule has 1 unspecified atom stereocenters. The van der Waals surface area contributed by atoms with E-state index in [-0.39, 0.29) is 11.6 Å². The van der Waals surface area contributed by atoms with Crippen LogP contribution in [0.4, 0.5) is 0 Å². The van der Waals surface area contributed by atoms with Crippen molar-refractivity contribution in [2.24, 2.45) is 5.73 Å². The maximum atomic E-state index is 12.2. The Balaban J connectivity index is 2.30. The molecule has 1 atom stereocenters. The SMILES string of the molecule is CCC(=O)C(Oc1ccc(C(=N)N)c(S)c1)c1ccccc1. The van der Waals surface area contributed by atoms with E-state index in [1.54, 1.807) is 18.2 Å². The molecule has 0 bridgehead atoms. The summed E-state index contributed by atoms with van der Waals surface area (Å²) in [6, 6.07) is 14.4. The Labute approximate surface area is 135 Å². The molecule has 0 aliphatic rings. The first-order chi connectivity index (χ1) is 10.5. The van der Waals surface area contributed by atoms with Crippen molar-refractivity contribution in [3.05, 3.63) is 59.7 Å². The van der Waals surface area contributed by atoms with Gasteiger partial charge in [0.1, 0.15) is 11.6 Å². The smallest absolute Gasteiger partial charge is 0.182 e. The molecule has 2 rings (SSSR count). The van der Waals surface area contributed by atoms with Crippen molar-refractivity contribution in [1.82, 2.24) is 0 Å². The van der Waals surface area contributed by atoms with Gasteiger partial charge in [-0.3, -0.25) is 10.2 Å². The van der Waals surface area contributed by atoms with Gasteiger partial charge < -0.3 is 10.5 Å².